The summed E-state index contributed by atoms with van der Waals surface area (Å²) < 4.78 is 15.5. The van der Waals surface area contributed by atoms with Crippen LogP contribution in [0.2, 0.25) is 0 Å². The molecule has 0 unspecified atom stereocenters. The summed E-state index contributed by atoms with van der Waals surface area (Å²) >= 11 is 0. The van der Waals surface area contributed by atoms with Crippen LogP contribution < -0.4 is 20.1 Å². The van der Waals surface area contributed by atoms with Gasteiger partial charge in [-0.2, -0.15) is 0 Å². The Hall–Kier alpha value is -3.22. The number of nitrogens with one attached hydrogen (secondary N) is 2. The molecule has 1 aromatic carbocycles. The molecule has 2 amide bonds. The van der Waals surface area contributed by atoms with Crippen LogP contribution in [0.4, 0.5) is 0 Å². The van der Waals surface area contributed by atoms with Gasteiger partial charge in [-0.1, -0.05) is 6.07 Å². The molecule has 0 bridgehead atoms. The van der Waals surface area contributed by atoms with Crippen LogP contribution in [0.25, 0.3) is 6.08 Å². The van der Waals surface area contributed by atoms with E-state index in [0.29, 0.717) is 17.3 Å². The number of carbonyl (C=O) groups is 2. The highest BCUT2D eigenvalue weighted by Crippen LogP contribution is 2.27. The van der Waals surface area contributed by atoms with E-state index in [1.54, 1.807) is 50.6 Å². The van der Waals surface area contributed by atoms with E-state index in [0.717, 1.165) is 5.56 Å². The summed E-state index contributed by atoms with van der Waals surface area (Å²) in [4.78, 5) is 23.4. The molecule has 0 fully saturated rings. The number of rotatable bonds is 8. The van der Waals surface area contributed by atoms with Gasteiger partial charge in [0.2, 0.25) is 11.8 Å². The molecule has 2 aromatic rings. The highest BCUT2D eigenvalue weighted by molar-refractivity contribution is 5.94. The molecule has 0 spiro atoms. The molecule has 0 aliphatic carbocycles. The molecule has 2 N–H and O–H groups in total. The number of hydrogen-bond donors (Lipinski definition) is 2. The molecule has 0 saturated carbocycles. The van der Waals surface area contributed by atoms with Crippen LogP contribution in [0.15, 0.2) is 47.1 Å². The second kappa shape index (κ2) is 9.17. The maximum Gasteiger partial charge on any atom is 0.244 e. The van der Waals surface area contributed by atoms with Crippen molar-refractivity contribution in [3.8, 4) is 11.5 Å². The van der Waals surface area contributed by atoms with Gasteiger partial charge in [0.05, 0.1) is 33.6 Å². The average molecular weight is 344 g/mol. The summed E-state index contributed by atoms with van der Waals surface area (Å²) in [7, 11) is 3.09. The van der Waals surface area contributed by atoms with E-state index >= 15 is 0 Å². The zero-order valence-electron chi connectivity index (χ0n) is 14.1. The molecule has 0 saturated heterocycles. The molecule has 1 aromatic heterocycles. The lowest BCUT2D eigenvalue weighted by molar-refractivity contribution is -0.124. The molecular weight excluding hydrogens is 324 g/mol. The van der Waals surface area contributed by atoms with Crippen LogP contribution in [-0.4, -0.2) is 32.6 Å². The minimum atomic E-state index is -0.372. The fourth-order valence-corrected chi connectivity index (χ4v) is 2.02. The summed E-state index contributed by atoms with van der Waals surface area (Å²) in [5.74, 6) is 1.15. The van der Waals surface area contributed by atoms with Crippen LogP contribution in [0.5, 0.6) is 11.5 Å². The molecule has 132 valence electrons. The Balaban J connectivity index is 1.79. The summed E-state index contributed by atoms with van der Waals surface area (Å²) in [6, 6.07) is 8.78. The van der Waals surface area contributed by atoms with Crippen LogP contribution in [0.3, 0.4) is 0 Å². The van der Waals surface area contributed by atoms with Gasteiger partial charge in [-0.15, -0.1) is 0 Å². The van der Waals surface area contributed by atoms with Gasteiger partial charge < -0.3 is 24.5 Å². The number of benzene rings is 1. The fourth-order valence-electron chi connectivity index (χ4n) is 2.02. The van der Waals surface area contributed by atoms with E-state index in [4.69, 9.17) is 13.9 Å². The normalized spacial score (nSPS) is 10.5. The Morgan fingerprint density at radius 3 is 2.60 bits per heavy atom. The molecule has 0 aliphatic heterocycles. The first kappa shape index (κ1) is 18.1. The molecule has 25 heavy (non-hydrogen) atoms. The third kappa shape index (κ3) is 5.72. The Morgan fingerprint density at radius 1 is 1.12 bits per heavy atom. The highest BCUT2D eigenvalue weighted by Gasteiger charge is 2.05. The smallest absolute Gasteiger partial charge is 0.244 e. The lowest BCUT2D eigenvalue weighted by Gasteiger charge is -2.07. The van der Waals surface area contributed by atoms with E-state index < -0.39 is 0 Å². The average Bonchev–Trinajstić information content (AvgIpc) is 3.16. The van der Waals surface area contributed by atoms with Crippen molar-refractivity contribution in [1.29, 1.82) is 0 Å². The van der Waals surface area contributed by atoms with Crippen molar-refractivity contribution >= 4 is 17.9 Å². The third-order valence-corrected chi connectivity index (χ3v) is 3.30. The molecular formula is C18H20N2O5. The predicted octanol–water partition coefficient (Wildman–Crippen LogP) is 1.74. The molecule has 1 heterocycles. The second-order valence-corrected chi connectivity index (χ2v) is 5.02. The zero-order chi connectivity index (χ0) is 18.1. The van der Waals surface area contributed by atoms with Gasteiger partial charge in [0.25, 0.3) is 0 Å². The van der Waals surface area contributed by atoms with Crippen molar-refractivity contribution in [1.82, 2.24) is 10.6 Å². The van der Waals surface area contributed by atoms with Crippen LogP contribution in [0.1, 0.15) is 11.3 Å². The van der Waals surface area contributed by atoms with Gasteiger partial charge in [0.1, 0.15) is 5.76 Å². The number of methoxy groups -OCH3 is 2. The van der Waals surface area contributed by atoms with Crippen LogP contribution in [0, 0.1) is 0 Å². The summed E-state index contributed by atoms with van der Waals surface area (Å²) in [5, 5.41) is 5.15. The molecule has 0 radical (unpaired) electrons. The minimum absolute atomic E-state index is 0.115. The number of amides is 2. The van der Waals surface area contributed by atoms with Gasteiger partial charge in [-0.05, 0) is 35.9 Å². The Bertz CT molecular complexity index is 738. The van der Waals surface area contributed by atoms with Crippen molar-refractivity contribution in [3.05, 3.63) is 54.0 Å². The maximum atomic E-state index is 11.8. The first-order valence-corrected chi connectivity index (χ1v) is 7.59. The molecule has 2 rings (SSSR count). The van der Waals surface area contributed by atoms with Crippen molar-refractivity contribution in [3.63, 3.8) is 0 Å². The number of ether oxygens (including phenoxy) is 2. The van der Waals surface area contributed by atoms with Gasteiger partial charge in [0.15, 0.2) is 11.5 Å². The first-order valence-electron chi connectivity index (χ1n) is 7.59. The highest BCUT2D eigenvalue weighted by atomic mass is 16.5. The number of furan rings is 1. The molecule has 0 aliphatic rings. The SMILES string of the molecule is COc1ccc(/C=C/C(=O)NCC(=O)NCc2ccco2)cc1OC. The van der Waals surface area contributed by atoms with Crippen molar-refractivity contribution in [2.24, 2.45) is 0 Å². The quantitative estimate of drug-likeness (QED) is 0.712. The molecule has 7 heteroatoms. The Kier molecular flexibility index (Phi) is 6.65. The summed E-state index contributed by atoms with van der Waals surface area (Å²) in [6.45, 7) is 0.166. The molecule has 7 nitrogen and oxygen atoms in total. The van der Waals surface area contributed by atoms with Crippen LogP contribution in [-0.2, 0) is 16.1 Å². The van der Waals surface area contributed by atoms with E-state index in [2.05, 4.69) is 10.6 Å². The van der Waals surface area contributed by atoms with Crippen LogP contribution >= 0.6 is 0 Å². The lowest BCUT2D eigenvalue weighted by Crippen LogP contribution is -2.35. The standard InChI is InChI=1S/C18H20N2O5/c1-23-15-7-5-13(10-16(15)24-2)6-8-17(21)20-12-18(22)19-11-14-4-3-9-25-14/h3-10H,11-12H2,1-2H3,(H,19,22)(H,20,21)/b8-6+. The third-order valence-electron chi connectivity index (χ3n) is 3.30. The largest absolute Gasteiger partial charge is 0.493 e. The molecule has 0 atom stereocenters. The second-order valence-electron chi connectivity index (χ2n) is 5.02. The lowest BCUT2D eigenvalue weighted by atomic mass is 10.2. The van der Waals surface area contributed by atoms with E-state index in [1.807, 2.05) is 0 Å². The van der Waals surface area contributed by atoms with E-state index in [-0.39, 0.29) is 24.9 Å². The maximum absolute atomic E-state index is 11.8. The van der Waals surface area contributed by atoms with E-state index in [1.165, 1.54) is 12.3 Å². The van der Waals surface area contributed by atoms with Gasteiger partial charge in [0, 0.05) is 6.08 Å². The van der Waals surface area contributed by atoms with Crippen molar-refractivity contribution < 1.29 is 23.5 Å². The predicted molar refractivity (Wildman–Crippen MR) is 92.1 cm³/mol. The summed E-state index contributed by atoms with van der Waals surface area (Å²) in [6.07, 6.45) is 4.50. The van der Waals surface area contributed by atoms with Crippen molar-refractivity contribution in [2.45, 2.75) is 6.54 Å². The van der Waals surface area contributed by atoms with Gasteiger partial charge in [-0.25, -0.2) is 0 Å². The number of hydrogen-bond acceptors (Lipinski definition) is 5. The minimum Gasteiger partial charge on any atom is -0.493 e. The van der Waals surface area contributed by atoms with Crippen molar-refractivity contribution in [2.75, 3.05) is 20.8 Å². The van der Waals surface area contributed by atoms with Gasteiger partial charge in [-0.3, -0.25) is 9.59 Å². The Labute approximate surface area is 145 Å². The summed E-state index contributed by atoms with van der Waals surface area (Å²) in [5.41, 5.74) is 0.773. The first-order chi connectivity index (χ1) is 12.1. The topological polar surface area (TPSA) is 89.8 Å². The monoisotopic (exact) mass is 344 g/mol. The zero-order valence-corrected chi connectivity index (χ0v) is 14.1. The number of carbonyl (C=O) groups excluding carboxylic acids is 2. The fraction of sp³-hybridized carbons (Fsp3) is 0.222. The van der Waals surface area contributed by atoms with E-state index in [9.17, 15) is 9.59 Å². The van der Waals surface area contributed by atoms with Gasteiger partial charge >= 0.3 is 0 Å². The Morgan fingerprint density at radius 2 is 1.92 bits per heavy atom.